The van der Waals surface area contributed by atoms with E-state index in [0.717, 1.165) is 6.42 Å². The van der Waals surface area contributed by atoms with Gasteiger partial charge >= 0.3 is 0 Å². The van der Waals surface area contributed by atoms with Gasteiger partial charge in [-0.05, 0) is 46.7 Å². The summed E-state index contributed by atoms with van der Waals surface area (Å²) in [4.78, 5) is 0. The molecule has 2 unspecified atom stereocenters. The van der Waals surface area contributed by atoms with Crippen LogP contribution in [0.5, 0.6) is 0 Å². The molecule has 20 heavy (non-hydrogen) atoms. The van der Waals surface area contributed by atoms with Gasteiger partial charge in [-0.15, -0.1) is 0 Å². The summed E-state index contributed by atoms with van der Waals surface area (Å²) >= 11 is 12.2. The number of benzene rings is 2. The van der Waals surface area contributed by atoms with Gasteiger partial charge < -0.3 is 0 Å². The molecule has 0 nitrogen and oxygen atoms in total. The molecule has 0 heterocycles. The van der Waals surface area contributed by atoms with Crippen LogP contribution in [-0.2, 0) is 0 Å². The molecule has 102 valence electrons. The monoisotopic (exact) mass is 302 g/mol. The van der Waals surface area contributed by atoms with Crippen LogP contribution in [0.4, 0.5) is 0 Å². The molecule has 0 aliphatic heterocycles. The Kier molecular flexibility index (Phi) is 3.62. The molecule has 1 aliphatic carbocycles. The van der Waals surface area contributed by atoms with Gasteiger partial charge in [-0.1, -0.05) is 67.0 Å². The molecule has 0 fully saturated rings. The molecule has 0 bridgehead atoms. The van der Waals surface area contributed by atoms with Crippen molar-refractivity contribution in [1.82, 2.24) is 0 Å². The number of hydrogen-bond acceptors (Lipinski definition) is 0. The topological polar surface area (TPSA) is 0 Å². The molecule has 1 aliphatic rings. The van der Waals surface area contributed by atoms with Gasteiger partial charge in [0.25, 0.3) is 0 Å². The minimum atomic E-state index is 0.362. The van der Waals surface area contributed by atoms with Crippen molar-refractivity contribution in [2.45, 2.75) is 19.3 Å². The third-order valence-corrected chi connectivity index (χ3v) is 4.95. The highest BCUT2D eigenvalue weighted by atomic mass is 35.5. The maximum Gasteiger partial charge on any atom is 0.0595 e. The lowest BCUT2D eigenvalue weighted by Gasteiger charge is -2.32. The molecule has 0 aromatic heterocycles. The lowest BCUT2D eigenvalue weighted by Crippen LogP contribution is -2.16. The fraction of sp³-hybridized carbons (Fsp3) is 0.222. The predicted octanol–water partition coefficient (Wildman–Crippen LogP) is 6.18. The average molecular weight is 303 g/mol. The van der Waals surface area contributed by atoms with Crippen LogP contribution in [0.3, 0.4) is 0 Å². The third kappa shape index (κ3) is 2.28. The minimum Gasteiger partial charge on any atom is -0.0950 e. The van der Waals surface area contributed by atoms with Crippen LogP contribution in [0.2, 0.25) is 10.0 Å². The summed E-state index contributed by atoms with van der Waals surface area (Å²) in [7, 11) is 0. The van der Waals surface area contributed by atoms with Crippen molar-refractivity contribution in [3.05, 3.63) is 75.8 Å². The Morgan fingerprint density at radius 3 is 2.55 bits per heavy atom. The molecule has 0 N–H and O–H groups in total. The highest BCUT2D eigenvalue weighted by Crippen LogP contribution is 2.44. The van der Waals surface area contributed by atoms with E-state index in [1.807, 2.05) is 12.1 Å². The number of allylic oxidation sites excluding steroid dienone is 1. The van der Waals surface area contributed by atoms with Crippen molar-refractivity contribution in [1.29, 1.82) is 0 Å². The minimum absolute atomic E-state index is 0.362. The van der Waals surface area contributed by atoms with E-state index in [2.05, 4.69) is 43.8 Å². The molecule has 2 heteroatoms. The zero-order chi connectivity index (χ0) is 14.3. The third-order valence-electron chi connectivity index (χ3n) is 4.21. The van der Waals surface area contributed by atoms with Gasteiger partial charge in [0, 0.05) is 5.92 Å². The number of halogens is 2. The first kappa shape index (κ1) is 13.7. The highest BCUT2D eigenvalue weighted by molar-refractivity contribution is 6.42. The van der Waals surface area contributed by atoms with Gasteiger partial charge in [0.2, 0.25) is 0 Å². The zero-order valence-electron chi connectivity index (χ0n) is 11.4. The van der Waals surface area contributed by atoms with Crippen LogP contribution in [0.1, 0.15) is 36.0 Å². The number of hydrogen-bond donors (Lipinski definition) is 0. The summed E-state index contributed by atoms with van der Waals surface area (Å²) in [5.74, 6) is 0.839. The molecule has 2 aromatic rings. The van der Waals surface area contributed by atoms with Crippen molar-refractivity contribution in [2.24, 2.45) is 5.92 Å². The smallest absolute Gasteiger partial charge is 0.0595 e. The van der Waals surface area contributed by atoms with Crippen molar-refractivity contribution >= 4 is 28.8 Å². The van der Waals surface area contributed by atoms with E-state index >= 15 is 0 Å². The van der Waals surface area contributed by atoms with Gasteiger partial charge in [0.05, 0.1) is 10.0 Å². The van der Waals surface area contributed by atoms with Gasteiger partial charge in [-0.3, -0.25) is 0 Å². The summed E-state index contributed by atoms with van der Waals surface area (Å²) in [6.07, 6.45) is 1.06. The second kappa shape index (κ2) is 5.27. The molecule has 2 aromatic carbocycles. The molecule has 0 spiro atoms. The molecule has 3 rings (SSSR count). The molecule has 0 saturated carbocycles. The van der Waals surface area contributed by atoms with Gasteiger partial charge in [0.1, 0.15) is 0 Å². The number of fused-ring (bicyclic) bond motifs is 1. The summed E-state index contributed by atoms with van der Waals surface area (Å²) in [6, 6.07) is 14.5. The largest absolute Gasteiger partial charge is 0.0950 e. The second-order valence-electron chi connectivity index (χ2n) is 5.48. The first-order valence-electron chi connectivity index (χ1n) is 6.81. The maximum absolute atomic E-state index is 6.18. The van der Waals surface area contributed by atoms with Crippen molar-refractivity contribution < 1.29 is 0 Å². The van der Waals surface area contributed by atoms with E-state index in [0.29, 0.717) is 21.9 Å². The van der Waals surface area contributed by atoms with Crippen molar-refractivity contribution in [2.75, 3.05) is 0 Å². The first-order chi connectivity index (χ1) is 9.58. The normalized spacial score (nSPS) is 21.6. The fourth-order valence-electron chi connectivity index (χ4n) is 3.03. The van der Waals surface area contributed by atoms with Gasteiger partial charge in [-0.2, -0.15) is 0 Å². The SMILES string of the molecule is C=C1c2ccccc2C(c2ccc(Cl)c(Cl)c2)CC1C. The van der Waals surface area contributed by atoms with E-state index in [-0.39, 0.29) is 0 Å². The Morgan fingerprint density at radius 2 is 1.80 bits per heavy atom. The Balaban J connectivity index is 2.12. The molecule has 0 radical (unpaired) electrons. The molecule has 0 saturated heterocycles. The Hall–Kier alpha value is -1.24. The van der Waals surface area contributed by atoms with E-state index in [1.54, 1.807) is 0 Å². The van der Waals surface area contributed by atoms with Crippen LogP contribution < -0.4 is 0 Å². The Bertz CT molecular complexity index is 673. The summed E-state index contributed by atoms with van der Waals surface area (Å²) < 4.78 is 0. The standard InChI is InChI=1S/C18H16Cl2/c1-11-9-16(13-7-8-17(19)18(20)10-13)15-6-4-3-5-14(15)12(11)2/h3-8,10-11,16H,2,9H2,1H3. The Labute approximate surface area is 130 Å². The molecule has 2 atom stereocenters. The van der Waals surface area contributed by atoms with Gasteiger partial charge in [-0.25, -0.2) is 0 Å². The molecular weight excluding hydrogens is 287 g/mol. The maximum atomic E-state index is 6.18. The second-order valence-corrected chi connectivity index (χ2v) is 6.29. The summed E-state index contributed by atoms with van der Waals surface area (Å²) in [5, 5.41) is 1.23. The van der Waals surface area contributed by atoms with Crippen molar-refractivity contribution in [3.63, 3.8) is 0 Å². The summed E-state index contributed by atoms with van der Waals surface area (Å²) in [6.45, 7) is 6.49. The van der Waals surface area contributed by atoms with E-state index in [1.165, 1.54) is 22.3 Å². The fourth-order valence-corrected chi connectivity index (χ4v) is 3.33. The van der Waals surface area contributed by atoms with Crippen LogP contribution in [0.25, 0.3) is 5.57 Å². The quantitative estimate of drug-likeness (QED) is 0.590. The van der Waals surface area contributed by atoms with Gasteiger partial charge in [0.15, 0.2) is 0 Å². The lowest BCUT2D eigenvalue weighted by molar-refractivity contribution is 0.583. The van der Waals surface area contributed by atoms with Crippen LogP contribution in [0.15, 0.2) is 49.0 Å². The predicted molar refractivity (Wildman–Crippen MR) is 87.6 cm³/mol. The zero-order valence-corrected chi connectivity index (χ0v) is 12.9. The van der Waals surface area contributed by atoms with Crippen molar-refractivity contribution in [3.8, 4) is 0 Å². The lowest BCUT2D eigenvalue weighted by atomic mass is 9.72. The van der Waals surface area contributed by atoms with Crippen LogP contribution in [0, 0.1) is 5.92 Å². The Morgan fingerprint density at radius 1 is 1.05 bits per heavy atom. The number of rotatable bonds is 1. The van der Waals surface area contributed by atoms with E-state index < -0.39 is 0 Å². The van der Waals surface area contributed by atoms with E-state index in [4.69, 9.17) is 23.2 Å². The molecule has 0 amide bonds. The first-order valence-corrected chi connectivity index (χ1v) is 7.56. The summed E-state index contributed by atoms with van der Waals surface area (Å²) in [5.41, 5.74) is 5.08. The highest BCUT2D eigenvalue weighted by Gasteiger charge is 2.28. The molecular formula is C18H16Cl2. The van der Waals surface area contributed by atoms with Crippen LogP contribution >= 0.6 is 23.2 Å². The average Bonchev–Trinajstić information content (AvgIpc) is 2.46. The van der Waals surface area contributed by atoms with Crippen LogP contribution in [-0.4, -0.2) is 0 Å². The van der Waals surface area contributed by atoms with E-state index in [9.17, 15) is 0 Å².